The van der Waals surface area contributed by atoms with Gasteiger partial charge in [-0.05, 0) is 6.42 Å². The van der Waals surface area contributed by atoms with Crippen molar-refractivity contribution in [2.45, 2.75) is 51.9 Å². The van der Waals surface area contributed by atoms with Crippen LogP contribution in [0, 0.1) is 0 Å². The Kier molecular flexibility index (Phi) is 21.7. The number of rotatable bonds is 12. The lowest BCUT2D eigenvalue weighted by molar-refractivity contribution is 0.163. The summed E-state index contributed by atoms with van der Waals surface area (Å²) in [6.07, 6.45) is 8.42. The van der Waals surface area contributed by atoms with Crippen molar-refractivity contribution in [3.63, 3.8) is 0 Å². The maximum atomic E-state index is 10.1. The van der Waals surface area contributed by atoms with Gasteiger partial charge >= 0.3 is 17.8 Å². The van der Waals surface area contributed by atoms with Gasteiger partial charge in [0.15, 0.2) is 0 Å². The monoisotopic (exact) mass is 330 g/mol. The molecule has 1 atom stereocenters. The molecular weight excluding hydrogens is 299 g/mol. The molecule has 0 rings (SSSR count). The highest BCUT2D eigenvalue weighted by Gasteiger charge is 2.04. The molecule has 0 aromatic heterocycles. The highest BCUT2D eigenvalue weighted by molar-refractivity contribution is 7.32. The molecule has 0 fully saturated rings. The lowest BCUT2D eigenvalue weighted by Crippen LogP contribution is -2.21. The summed E-state index contributed by atoms with van der Waals surface area (Å²) in [5.41, 5.74) is 0. The summed E-state index contributed by atoms with van der Waals surface area (Å²) in [5.74, 6) is 0. The third-order valence-electron chi connectivity index (χ3n) is 2.55. The SMILES string of the molecule is CCCCCCCCCO[PH](=O)O.CO[SiH](OC)OC. The maximum Gasteiger partial charge on any atom is 0.483 e. The fourth-order valence-corrected chi connectivity index (χ4v) is 2.40. The first-order valence-corrected chi connectivity index (χ1v) is 9.74. The van der Waals surface area contributed by atoms with E-state index in [1.165, 1.54) is 32.1 Å². The first-order valence-electron chi connectivity index (χ1n) is 7.06. The molecule has 0 bridgehead atoms. The van der Waals surface area contributed by atoms with Gasteiger partial charge in [-0.15, -0.1) is 0 Å². The third-order valence-corrected chi connectivity index (χ3v) is 4.16. The van der Waals surface area contributed by atoms with E-state index in [1.807, 2.05) is 0 Å². The number of hydrogen-bond acceptors (Lipinski definition) is 5. The summed E-state index contributed by atoms with van der Waals surface area (Å²) in [6, 6.07) is 0. The fourth-order valence-electron chi connectivity index (χ4n) is 1.51. The van der Waals surface area contributed by atoms with Crippen molar-refractivity contribution in [3.05, 3.63) is 0 Å². The van der Waals surface area contributed by atoms with Crippen LogP contribution in [0.25, 0.3) is 0 Å². The van der Waals surface area contributed by atoms with Crippen LogP contribution in [-0.2, 0) is 22.4 Å². The predicted octanol–water partition coefficient (Wildman–Crippen LogP) is 2.78. The smallest absolute Gasteiger partial charge is 0.379 e. The number of hydrogen-bond donors (Lipinski definition) is 1. The van der Waals surface area contributed by atoms with Crippen molar-refractivity contribution in [1.82, 2.24) is 0 Å². The Bertz CT molecular complexity index is 199. The molecule has 1 N–H and O–H groups in total. The van der Waals surface area contributed by atoms with Crippen LogP contribution in [0.2, 0.25) is 0 Å². The van der Waals surface area contributed by atoms with E-state index in [0.717, 1.165) is 12.8 Å². The van der Waals surface area contributed by atoms with Gasteiger partial charge in [0.05, 0.1) is 6.61 Å². The molecule has 6 nitrogen and oxygen atoms in total. The third kappa shape index (κ3) is 20.6. The molecule has 0 aliphatic rings. The van der Waals surface area contributed by atoms with E-state index in [2.05, 4.69) is 11.4 Å². The van der Waals surface area contributed by atoms with Crippen molar-refractivity contribution >= 4 is 17.8 Å². The number of unbranched alkanes of at least 4 members (excludes halogenated alkanes) is 6. The quantitative estimate of drug-likeness (QED) is 0.337. The highest BCUT2D eigenvalue weighted by Crippen LogP contribution is 2.15. The van der Waals surface area contributed by atoms with E-state index in [1.54, 1.807) is 21.3 Å². The Balaban J connectivity index is 0. The Hall–Kier alpha value is 0.247. The van der Waals surface area contributed by atoms with Crippen LogP contribution in [0.5, 0.6) is 0 Å². The molecule has 0 radical (unpaired) electrons. The minimum Gasteiger partial charge on any atom is -0.379 e. The first-order chi connectivity index (χ1) is 9.62. The van der Waals surface area contributed by atoms with Crippen LogP contribution < -0.4 is 0 Å². The van der Waals surface area contributed by atoms with Gasteiger partial charge in [-0.3, -0.25) is 4.57 Å². The zero-order valence-corrected chi connectivity index (χ0v) is 15.4. The molecule has 0 aromatic carbocycles. The van der Waals surface area contributed by atoms with Gasteiger partial charge in [0.25, 0.3) is 0 Å². The van der Waals surface area contributed by atoms with E-state index in [0.29, 0.717) is 6.61 Å². The lowest BCUT2D eigenvalue weighted by Gasteiger charge is -2.05. The zero-order chi connectivity index (χ0) is 15.6. The highest BCUT2D eigenvalue weighted by atomic mass is 31.1. The van der Waals surface area contributed by atoms with Crippen molar-refractivity contribution in [2.24, 2.45) is 0 Å². The summed E-state index contributed by atoms with van der Waals surface area (Å²) in [5, 5.41) is 0. The second-order valence-corrected chi connectivity index (χ2v) is 7.04. The molecule has 1 unspecified atom stereocenters. The molecule has 20 heavy (non-hydrogen) atoms. The molecule has 0 saturated heterocycles. The predicted molar refractivity (Wildman–Crippen MR) is 83.3 cm³/mol. The van der Waals surface area contributed by atoms with E-state index in [9.17, 15) is 4.57 Å². The van der Waals surface area contributed by atoms with E-state index in [-0.39, 0.29) is 0 Å². The molecule has 0 aliphatic heterocycles. The molecule has 0 aromatic rings. The zero-order valence-electron chi connectivity index (χ0n) is 13.2. The molecule has 124 valence electrons. The molecule has 0 saturated carbocycles. The first kappa shape index (κ1) is 22.5. The normalized spacial score (nSPS) is 12.1. The van der Waals surface area contributed by atoms with Gasteiger partial charge in [-0.25, -0.2) is 0 Å². The lowest BCUT2D eigenvalue weighted by atomic mass is 10.1. The molecule has 0 heterocycles. The van der Waals surface area contributed by atoms with Crippen LogP contribution >= 0.6 is 8.25 Å². The van der Waals surface area contributed by atoms with Crippen molar-refractivity contribution < 1.29 is 27.3 Å². The van der Waals surface area contributed by atoms with Gasteiger partial charge in [-0.2, -0.15) is 0 Å². The van der Waals surface area contributed by atoms with E-state index >= 15 is 0 Å². The van der Waals surface area contributed by atoms with Crippen molar-refractivity contribution in [2.75, 3.05) is 27.9 Å². The summed E-state index contributed by atoms with van der Waals surface area (Å²) < 4.78 is 28.9. The van der Waals surface area contributed by atoms with Gasteiger partial charge in [0.1, 0.15) is 0 Å². The van der Waals surface area contributed by atoms with Crippen LogP contribution in [0.3, 0.4) is 0 Å². The Morgan fingerprint density at radius 2 is 1.35 bits per heavy atom. The maximum absolute atomic E-state index is 10.1. The fraction of sp³-hybridized carbons (Fsp3) is 1.00. The van der Waals surface area contributed by atoms with Gasteiger partial charge in [0, 0.05) is 21.3 Å². The minimum atomic E-state index is -2.69. The van der Waals surface area contributed by atoms with Crippen LogP contribution in [0.15, 0.2) is 0 Å². The standard InChI is InChI=1S/C9H21O3P.C3H10O3Si/c1-2-3-4-5-6-7-8-9-12-13(10)11;1-4-7(5-2)6-3/h13H,2-9H2,1H3,(H,10,11);7H,1-3H3. The van der Waals surface area contributed by atoms with Crippen LogP contribution in [0.4, 0.5) is 0 Å². The van der Waals surface area contributed by atoms with Crippen LogP contribution in [-0.4, -0.2) is 42.4 Å². The van der Waals surface area contributed by atoms with Gasteiger partial charge in [-0.1, -0.05) is 45.4 Å². The summed E-state index contributed by atoms with van der Waals surface area (Å²) in [6.45, 7) is 2.63. The second kappa shape index (κ2) is 19.2. The average Bonchev–Trinajstić information content (AvgIpc) is 2.44. The Morgan fingerprint density at radius 3 is 1.70 bits per heavy atom. The van der Waals surface area contributed by atoms with Gasteiger partial charge in [0.2, 0.25) is 0 Å². The van der Waals surface area contributed by atoms with Gasteiger partial charge < -0.3 is 22.7 Å². The molecule has 0 aliphatic carbocycles. The summed E-state index contributed by atoms with van der Waals surface area (Å²) in [4.78, 5) is 8.35. The largest absolute Gasteiger partial charge is 0.483 e. The minimum absolute atomic E-state index is 0.433. The van der Waals surface area contributed by atoms with Crippen molar-refractivity contribution in [1.29, 1.82) is 0 Å². The van der Waals surface area contributed by atoms with E-state index < -0.39 is 17.8 Å². The topological polar surface area (TPSA) is 74.2 Å². The molecular formula is C12H31O6PSi. The van der Waals surface area contributed by atoms with E-state index in [4.69, 9.17) is 18.2 Å². The van der Waals surface area contributed by atoms with Crippen molar-refractivity contribution in [3.8, 4) is 0 Å². The Morgan fingerprint density at radius 1 is 0.900 bits per heavy atom. The Labute approximate surface area is 125 Å². The molecule has 0 amide bonds. The van der Waals surface area contributed by atoms with Crippen LogP contribution in [0.1, 0.15) is 51.9 Å². The second-order valence-electron chi connectivity index (χ2n) is 4.23. The molecule has 8 heteroatoms. The summed E-state index contributed by atoms with van der Waals surface area (Å²) >= 11 is 0. The summed E-state index contributed by atoms with van der Waals surface area (Å²) in [7, 11) is 0.363. The average molecular weight is 330 g/mol. The molecule has 0 spiro atoms.